The van der Waals surface area contributed by atoms with E-state index in [2.05, 4.69) is 9.97 Å². The Hall–Kier alpha value is -2.89. The normalized spacial score (nSPS) is 13.2. The second kappa shape index (κ2) is 8.23. The van der Waals surface area contributed by atoms with Gasteiger partial charge in [-0.15, -0.1) is 0 Å². The number of benzene rings is 3. The van der Waals surface area contributed by atoms with Crippen molar-refractivity contribution in [1.29, 1.82) is 0 Å². The summed E-state index contributed by atoms with van der Waals surface area (Å²) in [6.45, 7) is 0. The minimum atomic E-state index is -1.63. The van der Waals surface area contributed by atoms with Crippen LogP contribution in [0.15, 0.2) is 89.7 Å². The van der Waals surface area contributed by atoms with Crippen molar-refractivity contribution in [1.82, 2.24) is 9.97 Å². The molecule has 5 aromatic rings. The Labute approximate surface area is 199 Å². The Bertz CT molecular complexity index is 1420. The van der Waals surface area contributed by atoms with Gasteiger partial charge >= 0.3 is 0 Å². The van der Waals surface area contributed by atoms with Gasteiger partial charge in [-0.3, -0.25) is 0 Å². The van der Waals surface area contributed by atoms with E-state index in [1.54, 1.807) is 24.3 Å². The van der Waals surface area contributed by atoms with E-state index in [4.69, 9.17) is 39.2 Å². The minimum Gasteiger partial charge on any atom is -0.445 e. The molecule has 1 N–H and O–H groups in total. The lowest BCUT2D eigenvalue weighted by Crippen LogP contribution is -2.29. The molecule has 32 heavy (non-hydrogen) atoms. The topological polar surface area (TPSA) is 59.2 Å². The van der Waals surface area contributed by atoms with Gasteiger partial charge in [-0.25, -0.2) is 9.97 Å². The molecule has 0 aliphatic rings. The summed E-state index contributed by atoms with van der Waals surface area (Å²) in [6.07, 6.45) is 2.92. The summed E-state index contributed by atoms with van der Waals surface area (Å²) in [5.74, 6) is 0.146. The number of hydrogen-bond acceptors (Lipinski definition) is 4. The molecule has 0 aliphatic carbocycles. The molecule has 0 saturated carbocycles. The van der Waals surface area contributed by atoms with Crippen molar-refractivity contribution in [2.75, 3.05) is 0 Å². The number of aromatic nitrogens is 2. The van der Waals surface area contributed by atoms with Gasteiger partial charge in [0, 0.05) is 21.5 Å². The molecular formula is C25H15Cl3N2O2. The number of rotatable bonds is 4. The number of fused-ring (bicyclic) bond motifs is 1. The SMILES string of the molecule is OC(c1ccccc1)(c1ccc2nc(Cl)c(-c3ccccc3Cl)c(Cl)c2c1)c1ncco1. The van der Waals surface area contributed by atoms with Crippen LogP contribution in [0.4, 0.5) is 0 Å². The number of pyridine rings is 1. The fraction of sp³-hybridized carbons (Fsp3) is 0.0400. The van der Waals surface area contributed by atoms with Crippen LogP contribution < -0.4 is 0 Å². The van der Waals surface area contributed by atoms with Gasteiger partial charge < -0.3 is 9.52 Å². The number of halogens is 3. The first kappa shape index (κ1) is 21.0. The fourth-order valence-electron chi connectivity index (χ4n) is 3.81. The molecule has 3 aromatic carbocycles. The van der Waals surface area contributed by atoms with Crippen molar-refractivity contribution in [3.05, 3.63) is 117 Å². The maximum absolute atomic E-state index is 11.9. The standard InChI is InChI=1S/C25H15Cl3N2O2/c26-19-9-5-4-8-17(19)21-22(27)18-14-16(10-11-20(18)30-23(21)28)25(31,24-29-12-13-32-24)15-6-2-1-3-7-15/h1-14,31H. The Balaban J connectivity index is 1.78. The first-order chi connectivity index (χ1) is 15.5. The number of nitrogens with zero attached hydrogens (tertiary/aromatic N) is 2. The van der Waals surface area contributed by atoms with E-state index in [0.717, 1.165) is 0 Å². The molecule has 2 aromatic heterocycles. The average Bonchev–Trinajstić information content (AvgIpc) is 3.36. The van der Waals surface area contributed by atoms with Crippen molar-refractivity contribution in [3.63, 3.8) is 0 Å². The molecule has 0 radical (unpaired) electrons. The van der Waals surface area contributed by atoms with Crippen LogP contribution in [0.25, 0.3) is 22.0 Å². The molecule has 7 heteroatoms. The van der Waals surface area contributed by atoms with Crippen LogP contribution in [0.5, 0.6) is 0 Å². The number of oxazole rings is 1. The maximum Gasteiger partial charge on any atom is 0.235 e. The van der Waals surface area contributed by atoms with E-state index < -0.39 is 5.60 Å². The lowest BCUT2D eigenvalue weighted by atomic mass is 9.85. The highest BCUT2D eigenvalue weighted by atomic mass is 35.5. The second-order valence-electron chi connectivity index (χ2n) is 7.22. The summed E-state index contributed by atoms with van der Waals surface area (Å²) in [5, 5.41) is 13.6. The first-order valence-electron chi connectivity index (χ1n) is 9.72. The largest absolute Gasteiger partial charge is 0.445 e. The second-order valence-corrected chi connectivity index (χ2v) is 8.36. The molecule has 0 aliphatic heterocycles. The van der Waals surface area contributed by atoms with E-state index >= 15 is 0 Å². The molecule has 0 fully saturated rings. The van der Waals surface area contributed by atoms with E-state index in [0.29, 0.717) is 43.2 Å². The number of hydrogen-bond donors (Lipinski definition) is 1. The lowest BCUT2D eigenvalue weighted by molar-refractivity contribution is 0.0930. The third-order valence-electron chi connectivity index (χ3n) is 5.37. The molecule has 1 atom stereocenters. The minimum absolute atomic E-state index is 0.146. The third-order valence-corrected chi connectivity index (χ3v) is 6.37. The van der Waals surface area contributed by atoms with E-state index in [9.17, 15) is 5.11 Å². The lowest BCUT2D eigenvalue weighted by Gasteiger charge is -2.26. The molecule has 1 unspecified atom stereocenters. The highest BCUT2D eigenvalue weighted by Crippen LogP contribution is 2.43. The van der Waals surface area contributed by atoms with Gasteiger partial charge in [0.05, 0.1) is 16.7 Å². The summed E-state index contributed by atoms with van der Waals surface area (Å²) in [7, 11) is 0. The van der Waals surface area contributed by atoms with Crippen LogP contribution in [0.2, 0.25) is 15.2 Å². The highest BCUT2D eigenvalue weighted by Gasteiger charge is 2.38. The Morgan fingerprint density at radius 2 is 1.59 bits per heavy atom. The van der Waals surface area contributed by atoms with Gasteiger partial charge in [0.1, 0.15) is 11.4 Å². The zero-order valence-electron chi connectivity index (χ0n) is 16.5. The molecule has 0 saturated heterocycles. The van der Waals surface area contributed by atoms with Crippen molar-refractivity contribution >= 4 is 45.7 Å². The average molecular weight is 482 g/mol. The van der Waals surface area contributed by atoms with Crippen LogP contribution in [0, 0.1) is 0 Å². The highest BCUT2D eigenvalue weighted by molar-refractivity contribution is 6.43. The molecule has 0 bridgehead atoms. The number of aliphatic hydroxyl groups is 1. The Kier molecular flexibility index (Phi) is 5.39. The van der Waals surface area contributed by atoms with E-state index in [-0.39, 0.29) is 11.0 Å². The van der Waals surface area contributed by atoms with Gasteiger partial charge in [0.15, 0.2) is 5.60 Å². The fourth-order valence-corrected chi connectivity index (χ4v) is 4.72. The van der Waals surface area contributed by atoms with Gasteiger partial charge in [-0.2, -0.15) is 0 Å². The van der Waals surface area contributed by atoms with Gasteiger partial charge in [-0.1, -0.05) is 89.4 Å². The van der Waals surface area contributed by atoms with Crippen molar-refractivity contribution < 1.29 is 9.52 Å². The quantitative estimate of drug-likeness (QED) is 0.277. The van der Waals surface area contributed by atoms with Gasteiger partial charge in [0.2, 0.25) is 5.89 Å². The summed E-state index contributed by atoms with van der Waals surface area (Å²) in [6, 6.07) is 21.8. The van der Waals surface area contributed by atoms with Crippen LogP contribution in [-0.4, -0.2) is 15.1 Å². The maximum atomic E-state index is 11.9. The molecular weight excluding hydrogens is 467 g/mol. The Morgan fingerprint density at radius 1 is 0.844 bits per heavy atom. The van der Waals surface area contributed by atoms with Crippen molar-refractivity contribution in [2.45, 2.75) is 5.60 Å². The zero-order chi connectivity index (χ0) is 22.3. The molecule has 158 valence electrons. The summed E-state index contributed by atoms with van der Waals surface area (Å²) in [4.78, 5) is 8.74. The summed E-state index contributed by atoms with van der Waals surface area (Å²) >= 11 is 19.7. The molecule has 0 amide bonds. The van der Waals surface area contributed by atoms with Crippen LogP contribution in [-0.2, 0) is 5.60 Å². The van der Waals surface area contributed by atoms with Crippen LogP contribution in [0.1, 0.15) is 17.0 Å². The smallest absolute Gasteiger partial charge is 0.235 e. The third kappa shape index (κ3) is 3.37. The molecule has 0 spiro atoms. The van der Waals surface area contributed by atoms with Crippen LogP contribution in [0.3, 0.4) is 0 Å². The zero-order valence-corrected chi connectivity index (χ0v) is 18.7. The first-order valence-corrected chi connectivity index (χ1v) is 10.9. The predicted molar refractivity (Wildman–Crippen MR) is 127 cm³/mol. The van der Waals surface area contributed by atoms with Crippen molar-refractivity contribution in [2.24, 2.45) is 0 Å². The molecule has 2 heterocycles. The molecule has 4 nitrogen and oxygen atoms in total. The van der Waals surface area contributed by atoms with E-state index in [1.165, 1.54) is 12.5 Å². The van der Waals surface area contributed by atoms with Crippen LogP contribution >= 0.6 is 34.8 Å². The Morgan fingerprint density at radius 3 is 2.31 bits per heavy atom. The summed E-state index contributed by atoms with van der Waals surface area (Å²) in [5.41, 5.74) is 1.29. The van der Waals surface area contributed by atoms with Gasteiger partial charge in [0.25, 0.3) is 0 Å². The summed E-state index contributed by atoms with van der Waals surface area (Å²) < 4.78 is 5.53. The monoisotopic (exact) mass is 480 g/mol. The predicted octanol–water partition coefficient (Wildman–Crippen LogP) is 7.13. The van der Waals surface area contributed by atoms with Crippen molar-refractivity contribution in [3.8, 4) is 11.1 Å². The van der Waals surface area contributed by atoms with Gasteiger partial charge in [-0.05, 0) is 29.3 Å². The van der Waals surface area contributed by atoms with E-state index in [1.807, 2.05) is 48.5 Å². The molecule has 5 rings (SSSR count).